The second kappa shape index (κ2) is 5.22. The van der Waals surface area contributed by atoms with Gasteiger partial charge < -0.3 is 14.6 Å². The van der Waals surface area contributed by atoms with E-state index < -0.39 is 21.2 Å². The molecule has 0 saturated heterocycles. The SMILES string of the molecule is COc1c(C2(C(=O)O)CCC2)ccc(S(C)(=O)=O)c1OC. The number of ether oxygens (including phenoxy) is 2. The summed E-state index contributed by atoms with van der Waals surface area (Å²) in [4.78, 5) is 11.6. The van der Waals surface area contributed by atoms with Crippen molar-refractivity contribution in [2.45, 2.75) is 29.6 Å². The van der Waals surface area contributed by atoms with Gasteiger partial charge in [-0.3, -0.25) is 4.79 Å². The van der Waals surface area contributed by atoms with Crippen molar-refractivity contribution >= 4 is 15.8 Å². The standard InChI is InChI=1S/C14H18O6S/c1-19-11-9(14(13(15)16)7-4-8-14)5-6-10(12(11)20-2)21(3,17)18/h5-6H,4,7-8H2,1-3H3,(H,15,16). The lowest BCUT2D eigenvalue weighted by molar-refractivity contribution is -0.147. The lowest BCUT2D eigenvalue weighted by Crippen LogP contribution is -2.42. The largest absolute Gasteiger partial charge is 0.492 e. The van der Waals surface area contributed by atoms with Crippen molar-refractivity contribution in [3.8, 4) is 11.5 Å². The van der Waals surface area contributed by atoms with Crippen molar-refractivity contribution in [1.29, 1.82) is 0 Å². The first-order chi connectivity index (χ1) is 9.78. The summed E-state index contributed by atoms with van der Waals surface area (Å²) in [6.07, 6.45) is 2.88. The van der Waals surface area contributed by atoms with E-state index in [2.05, 4.69) is 0 Å². The highest BCUT2D eigenvalue weighted by Crippen LogP contribution is 2.51. The molecule has 0 atom stereocenters. The zero-order valence-electron chi connectivity index (χ0n) is 12.2. The maximum Gasteiger partial charge on any atom is 0.314 e. The normalized spacial score (nSPS) is 16.9. The zero-order valence-corrected chi connectivity index (χ0v) is 13.0. The minimum atomic E-state index is -3.50. The molecule has 1 aromatic rings. The fraction of sp³-hybridized carbons (Fsp3) is 0.500. The van der Waals surface area contributed by atoms with Crippen LogP contribution < -0.4 is 9.47 Å². The Morgan fingerprint density at radius 2 is 1.76 bits per heavy atom. The van der Waals surface area contributed by atoms with Crippen molar-refractivity contribution in [2.24, 2.45) is 0 Å². The lowest BCUT2D eigenvalue weighted by atomic mass is 9.64. The Bertz CT molecular complexity index is 673. The van der Waals surface area contributed by atoms with Crippen molar-refractivity contribution in [3.63, 3.8) is 0 Å². The first-order valence-electron chi connectivity index (χ1n) is 6.47. The molecule has 0 aromatic heterocycles. The quantitative estimate of drug-likeness (QED) is 0.888. The van der Waals surface area contributed by atoms with Gasteiger partial charge in [-0.2, -0.15) is 0 Å². The molecule has 0 radical (unpaired) electrons. The van der Waals surface area contributed by atoms with Crippen molar-refractivity contribution in [1.82, 2.24) is 0 Å². The second-order valence-electron chi connectivity index (χ2n) is 5.19. The number of benzene rings is 1. The summed E-state index contributed by atoms with van der Waals surface area (Å²) >= 11 is 0. The van der Waals surface area contributed by atoms with Crippen LogP contribution in [-0.2, 0) is 20.0 Å². The number of rotatable bonds is 5. The number of hydrogen-bond acceptors (Lipinski definition) is 5. The number of hydrogen-bond donors (Lipinski definition) is 1. The van der Waals surface area contributed by atoms with Crippen LogP contribution in [0, 0.1) is 0 Å². The van der Waals surface area contributed by atoms with E-state index in [0.29, 0.717) is 18.4 Å². The zero-order chi connectivity index (χ0) is 15.8. The number of aliphatic carboxylic acids is 1. The smallest absolute Gasteiger partial charge is 0.314 e. The molecule has 1 saturated carbocycles. The van der Waals surface area contributed by atoms with Gasteiger partial charge in [-0.1, -0.05) is 12.5 Å². The predicted molar refractivity (Wildman–Crippen MR) is 75.8 cm³/mol. The minimum absolute atomic E-state index is 0.00883. The summed E-state index contributed by atoms with van der Waals surface area (Å²) in [6.45, 7) is 0. The maximum absolute atomic E-state index is 11.8. The lowest BCUT2D eigenvalue weighted by Gasteiger charge is -2.39. The van der Waals surface area contributed by atoms with E-state index in [1.165, 1.54) is 26.4 Å². The van der Waals surface area contributed by atoms with E-state index in [4.69, 9.17) is 9.47 Å². The summed E-state index contributed by atoms with van der Waals surface area (Å²) in [5.41, 5.74) is -0.553. The monoisotopic (exact) mass is 314 g/mol. The summed E-state index contributed by atoms with van der Waals surface area (Å²) in [7, 11) is -0.787. The molecule has 0 bridgehead atoms. The van der Waals surface area contributed by atoms with Gasteiger partial charge in [0.2, 0.25) is 0 Å². The van der Waals surface area contributed by atoms with Crippen LogP contribution >= 0.6 is 0 Å². The molecule has 0 unspecified atom stereocenters. The average molecular weight is 314 g/mol. The molecule has 1 N–H and O–H groups in total. The van der Waals surface area contributed by atoms with Gasteiger partial charge in [0.1, 0.15) is 4.90 Å². The van der Waals surface area contributed by atoms with E-state index in [1.807, 2.05) is 0 Å². The molecule has 0 heterocycles. The highest BCUT2D eigenvalue weighted by molar-refractivity contribution is 7.90. The first-order valence-corrected chi connectivity index (χ1v) is 8.36. The van der Waals surface area contributed by atoms with Gasteiger partial charge in [0.25, 0.3) is 0 Å². The Hall–Kier alpha value is -1.76. The Balaban J connectivity index is 2.73. The van der Waals surface area contributed by atoms with Crippen LogP contribution in [0.2, 0.25) is 0 Å². The van der Waals surface area contributed by atoms with Crippen molar-refractivity contribution in [3.05, 3.63) is 17.7 Å². The van der Waals surface area contributed by atoms with Gasteiger partial charge in [0, 0.05) is 11.8 Å². The minimum Gasteiger partial charge on any atom is -0.492 e. The third kappa shape index (κ3) is 2.35. The molecule has 0 spiro atoms. The summed E-state index contributed by atoms with van der Waals surface area (Å²) in [6, 6.07) is 2.90. The molecular weight excluding hydrogens is 296 g/mol. The number of carboxylic acids is 1. The van der Waals surface area contributed by atoms with Crippen molar-refractivity contribution < 1.29 is 27.8 Å². The molecule has 7 heteroatoms. The highest BCUT2D eigenvalue weighted by Gasteiger charge is 2.48. The molecule has 1 aliphatic rings. The summed E-state index contributed by atoms with van der Waals surface area (Å²) in [5.74, 6) is -0.686. The average Bonchev–Trinajstić information content (AvgIpc) is 2.34. The molecule has 0 amide bonds. The van der Waals surface area contributed by atoms with Gasteiger partial charge in [0.05, 0.1) is 19.6 Å². The first kappa shape index (κ1) is 15.6. The maximum atomic E-state index is 11.8. The van der Waals surface area contributed by atoms with Gasteiger partial charge in [-0.15, -0.1) is 0 Å². The fourth-order valence-electron chi connectivity index (χ4n) is 2.74. The number of carboxylic acid groups (broad SMARTS) is 1. The summed E-state index contributed by atoms with van der Waals surface area (Å²) < 4.78 is 34.1. The van der Waals surface area contributed by atoms with Crippen LogP contribution in [0.15, 0.2) is 17.0 Å². The molecule has 6 nitrogen and oxygen atoms in total. The third-order valence-electron chi connectivity index (χ3n) is 4.02. The van der Waals surface area contributed by atoms with E-state index in [0.717, 1.165) is 12.7 Å². The van der Waals surface area contributed by atoms with Crippen LogP contribution in [0.3, 0.4) is 0 Å². The van der Waals surface area contributed by atoms with Gasteiger partial charge >= 0.3 is 5.97 Å². The fourth-order valence-corrected chi connectivity index (χ4v) is 3.57. The Morgan fingerprint density at radius 3 is 2.10 bits per heavy atom. The topological polar surface area (TPSA) is 89.9 Å². The van der Waals surface area contributed by atoms with Gasteiger partial charge in [0.15, 0.2) is 21.3 Å². The Kier molecular flexibility index (Phi) is 3.88. The Morgan fingerprint density at radius 1 is 1.19 bits per heavy atom. The van der Waals surface area contributed by atoms with Gasteiger partial charge in [-0.05, 0) is 18.9 Å². The second-order valence-corrected chi connectivity index (χ2v) is 7.17. The molecule has 21 heavy (non-hydrogen) atoms. The number of sulfone groups is 1. The highest BCUT2D eigenvalue weighted by atomic mass is 32.2. The Labute approximate surface area is 123 Å². The van der Waals surface area contributed by atoms with E-state index in [-0.39, 0.29) is 16.4 Å². The molecular formula is C14H18O6S. The van der Waals surface area contributed by atoms with Crippen LogP contribution in [0.4, 0.5) is 0 Å². The van der Waals surface area contributed by atoms with E-state index in [9.17, 15) is 18.3 Å². The summed E-state index contributed by atoms with van der Waals surface area (Å²) in [5, 5.41) is 9.54. The van der Waals surface area contributed by atoms with Crippen molar-refractivity contribution in [2.75, 3.05) is 20.5 Å². The molecule has 2 rings (SSSR count). The molecule has 1 aliphatic carbocycles. The van der Waals surface area contributed by atoms with Crippen LogP contribution in [0.1, 0.15) is 24.8 Å². The van der Waals surface area contributed by atoms with Crippen LogP contribution in [0.25, 0.3) is 0 Å². The van der Waals surface area contributed by atoms with E-state index in [1.54, 1.807) is 0 Å². The van der Waals surface area contributed by atoms with Crippen LogP contribution in [0.5, 0.6) is 11.5 Å². The predicted octanol–water partition coefficient (Wildman–Crippen LogP) is 1.61. The van der Waals surface area contributed by atoms with Crippen LogP contribution in [-0.4, -0.2) is 40.0 Å². The molecule has 1 fully saturated rings. The molecule has 0 aliphatic heterocycles. The molecule has 1 aromatic carbocycles. The van der Waals surface area contributed by atoms with E-state index >= 15 is 0 Å². The van der Waals surface area contributed by atoms with Gasteiger partial charge in [-0.25, -0.2) is 8.42 Å². The number of carbonyl (C=O) groups is 1. The molecule has 116 valence electrons. The third-order valence-corrected chi connectivity index (χ3v) is 5.14. The number of methoxy groups -OCH3 is 2.